The molecular weight excluding hydrogens is 290 g/mol. The molecule has 0 saturated heterocycles. The van der Waals surface area contributed by atoms with E-state index in [0.717, 1.165) is 22.0 Å². The van der Waals surface area contributed by atoms with Crippen molar-refractivity contribution in [3.05, 3.63) is 65.4 Å². The summed E-state index contributed by atoms with van der Waals surface area (Å²) in [6.07, 6.45) is 2.15. The Labute approximate surface area is 133 Å². The van der Waals surface area contributed by atoms with E-state index in [2.05, 4.69) is 10.3 Å². The third-order valence-corrected chi connectivity index (χ3v) is 3.80. The van der Waals surface area contributed by atoms with Crippen LogP contribution >= 0.6 is 0 Å². The number of aromatic amines is 1. The molecule has 0 bridgehead atoms. The van der Waals surface area contributed by atoms with Gasteiger partial charge in [0.2, 0.25) is 11.8 Å². The molecule has 2 amide bonds. The number of benzene rings is 2. The van der Waals surface area contributed by atoms with Gasteiger partial charge in [0, 0.05) is 28.4 Å². The molecule has 0 aliphatic heterocycles. The quantitative estimate of drug-likeness (QED) is 0.692. The Morgan fingerprint density at radius 1 is 1.13 bits per heavy atom. The molecule has 0 fully saturated rings. The van der Waals surface area contributed by atoms with Crippen LogP contribution in [0.5, 0.6) is 0 Å². The summed E-state index contributed by atoms with van der Waals surface area (Å²) in [4.78, 5) is 26.5. The molecule has 3 aromatic rings. The summed E-state index contributed by atoms with van der Waals surface area (Å²) >= 11 is 0. The van der Waals surface area contributed by atoms with Crippen molar-refractivity contribution in [2.24, 2.45) is 5.73 Å². The number of rotatable bonds is 4. The molecule has 0 spiro atoms. The maximum atomic E-state index is 12.2. The van der Waals surface area contributed by atoms with Gasteiger partial charge in [0.1, 0.15) is 0 Å². The molecule has 0 atom stereocenters. The van der Waals surface area contributed by atoms with Gasteiger partial charge >= 0.3 is 0 Å². The summed E-state index contributed by atoms with van der Waals surface area (Å²) in [6.45, 7) is 2.03. The second-order valence-corrected chi connectivity index (χ2v) is 5.48. The topological polar surface area (TPSA) is 88.0 Å². The van der Waals surface area contributed by atoms with E-state index in [0.29, 0.717) is 11.3 Å². The van der Waals surface area contributed by atoms with Crippen LogP contribution in [0.3, 0.4) is 0 Å². The highest BCUT2D eigenvalue weighted by molar-refractivity contribution is 5.97. The van der Waals surface area contributed by atoms with Crippen LogP contribution in [-0.2, 0) is 11.2 Å². The smallest absolute Gasteiger partial charge is 0.248 e. The first-order valence-electron chi connectivity index (χ1n) is 7.30. The third kappa shape index (κ3) is 3.08. The van der Waals surface area contributed by atoms with Gasteiger partial charge in [-0.2, -0.15) is 0 Å². The fraction of sp³-hybridized carbons (Fsp3) is 0.111. The van der Waals surface area contributed by atoms with Crippen LogP contribution in [-0.4, -0.2) is 16.8 Å². The zero-order valence-electron chi connectivity index (χ0n) is 12.7. The maximum absolute atomic E-state index is 12.2. The number of carbonyl (C=O) groups is 2. The van der Waals surface area contributed by atoms with E-state index in [1.807, 2.05) is 31.3 Å². The van der Waals surface area contributed by atoms with E-state index in [-0.39, 0.29) is 12.3 Å². The standard InChI is InChI=1S/C18H17N3O2/c1-11-3-2-4-15-17(11)13(10-20-15)9-16(22)21-14-7-5-12(6-8-14)18(19)23/h2-8,10,20H,9H2,1H3,(H2,19,23)(H,21,22). The zero-order valence-corrected chi connectivity index (χ0v) is 12.7. The largest absolute Gasteiger partial charge is 0.366 e. The van der Waals surface area contributed by atoms with E-state index >= 15 is 0 Å². The monoisotopic (exact) mass is 307 g/mol. The summed E-state index contributed by atoms with van der Waals surface area (Å²) < 4.78 is 0. The Kier molecular flexibility index (Phi) is 3.85. The lowest BCUT2D eigenvalue weighted by molar-refractivity contribution is -0.115. The van der Waals surface area contributed by atoms with Gasteiger partial charge in [-0.3, -0.25) is 9.59 Å². The minimum atomic E-state index is -0.489. The number of nitrogens with two attached hydrogens (primary N) is 1. The molecule has 1 heterocycles. The number of aryl methyl sites for hydroxylation is 1. The Morgan fingerprint density at radius 3 is 2.57 bits per heavy atom. The van der Waals surface area contributed by atoms with Crippen molar-refractivity contribution >= 4 is 28.4 Å². The number of carbonyl (C=O) groups excluding carboxylic acids is 2. The molecule has 3 rings (SSSR count). The second kappa shape index (κ2) is 5.96. The highest BCUT2D eigenvalue weighted by Gasteiger charge is 2.11. The summed E-state index contributed by atoms with van der Waals surface area (Å²) in [5.74, 6) is -0.599. The van der Waals surface area contributed by atoms with Gasteiger partial charge in [0.05, 0.1) is 6.42 Å². The van der Waals surface area contributed by atoms with Gasteiger partial charge in [-0.25, -0.2) is 0 Å². The fourth-order valence-electron chi connectivity index (χ4n) is 2.69. The molecule has 1 aromatic heterocycles. The van der Waals surface area contributed by atoms with Crippen molar-refractivity contribution in [3.8, 4) is 0 Å². The number of H-pyrrole nitrogens is 1. The summed E-state index contributed by atoms with van der Waals surface area (Å²) in [5, 5.41) is 3.92. The van der Waals surface area contributed by atoms with Gasteiger partial charge in [-0.1, -0.05) is 12.1 Å². The number of hydrogen-bond donors (Lipinski definition) is 3. The minimum Gasteiger partial charge on any atom is -0.366 e. The molecule has 0 aliphatic rings. The van der Waals surface area contributed by atoms with E-state index in [1.165, 1.54) is 0 Å². The molecule has 0 radical (unpaired) electrons. The lowest BCUT2D eigenvalue weighted by atomic mass is 10.1. The average Bonchev–Trinajstić information content (AvgIpc) is 2.92. The molecular formula is C18H17N3O2. The van der Waals surface area contributed by atoms with Gasteiger partial charge in [-0.15, -0.1) is 0 Å². The molecule has 5 nitrogen and oxygen atoms in total. The third-order valence-electron chi connectivity index (χ3n) is 3.80. The first kappa shape index (κ1) is 14.8. The molecule has 23 heavy (non-hydrogen) atoms. The van der Waals surface area contributed by atoms with Crippen molar-refractivity contribution < 1.29 is 9.59 Å². The maximum Gasteiger partial charge on any atom is 0.248 e. The highest BCUT2D eigenvalue weighted by Crippen LogP contribution is 2.22. The van der Waals surface area contributed by atoms with Gasteiger partial charge in [0.15, 0.2) is 0 Å². The van der Waals surface area contributed by atoms with Gasteiger partial charge < -0.3 is 16.0 Å². The van der Waals surface area contributed by atoms with Crippen LogP contribution in [0.15, 0.2) is 48.7 Å². The predicted molar refractivity (Wildman–Crippen MR) is 90.3 cm³/mol. The van der Waals surface area contributed by atoms with Crippen LogP contribution in [0.2, 0.25) is 0 Å². The summed E-state index contributed by atoms with van der Waals surface area (Å²) in [6, 6.07) is 12.5. The number of fused-ring (bicyclic) bond motifs is 1. The fourth-order valence-corrected chi connectivity index (χ4v) is 2.69. The lowest BCUT2D eigenvalue weighted by Gasteiger charge is -2.06. The van der Waals surface area contributed by atoms with E-state index in [4.69, 9.17) is 5.73 Å². The minimum absolute atomic E-state index is 0.110. The summed E-state index contributed by atoms with van der Waals surface area (Å²) in [7, 11) is 0. The van der Waals surface area contributed by atoms with E-state index in [1.54, 1.807) is 24.3 Å². The van der Waals surface area contributed by atoms with Crippen LogP contribution in [0.4, 0.5) is 5.69 Å². The molecule has 2 aromatic carbocycles. The predicted octanol–water partition coefficient (Wildman–Crippen LogP) is 2.76. The first-order valence-corrected chi connectivity index (χ1v) is 7.30. The van der Waals surface area contributed by atoms with Crippen molar-refractivity contribution in [1.29, 1.82) is 0 Å². The van der Waals surface area contributed by atoms with Crippen LogP contribution in [0.25, 0.3) is 10.9 Å². The number of nitrogens with one attached hydrogen (secondary N) is 2. The molecule has 116 valence electrons. The van der Waals surface area contributed by atoms with Crippen molar-refractivity contribution in [1.82, 2.24) is 4.98 Å². The molecule has 0 aliphatic carbocycles. The normalized spacial score (nSPS) is 10.7. The Balaban J connectivity index is 1.75. The van der Waals surface area contributed by atoms with Crippen molar-refractivity contribution in [2.75, 3.05) is 5.32 Å². The first-order chi connectivity index (χ1) is 11.0. The Hall–Kier alpha value is -3.08. The second-order valence-electron chi connectivity index (χ2n) is 5.48. The molecule has 4 N–H and O–H groups in total. The number of amides is 2. The molecule has 5 heteroatoms. The average molecular weight is 307 g/mol. The van der Waals surface area contributed by atoms with E-state index in [9.17, 15) is 9.59 Å². The van der Waals surface area contributed by atoms with E-state index < -0.39 is 5.91 Å². The van der Waals surface area contributed by atoms with Crippen molar-refractivity contribution in [3.63, 3.8) is 0 Å². The number of anilines is 1. The Morgan fingerprint density at radius 2 is 1.87 bits per heavy atom. The highest BCUT2D eigenvalue weighted by atomic mass is 16.2. The van der Waals surface area contributed by atoms with Gasteiger partial charge in [-0.05, 0) is 48.4 Å². The molecule has 0 saturated carbocycles. The summed E-state index contributed by atoms with van der Waals surface area (Å²) in [5.41, 5.74) is 9.37. The lowest BCUT2D eigenvalue weighted by Crippen LogP contribution is -2.15. The zero-order chi connectivity index (χ0) is 16.4. The number of primary amides is 1. The van der Waals surface area contributed by atoms with Crippen LogP contribution < -0.4 is 11.1 Å². The van der Waals surface area contributed by atoms with Gasteiger partial charge in [0.25, 0.3) is 0 Å². The molecule has 0 unspecified atom stereocenters. The van der Waals surface area contributed by atoms with Crippen molar-refractivity contribution in [2.45, 2.75) is 13.3 Å². The SMILES string of the molecule is Cc1cccc2[nH]cc(CC(=O)Nc3ccc(C(N)=O)cc3)c12. The van der Waals surface area contributed by atoms with Crippen LogP contribution in [0, 0.1) is 6.92 Å². The van der Waals surface area contributed by atoms with Crippen LogP contribution in [0.1, 0.15) is 21.5 Å². The Bertz CT molecular complexity index is 879. The number of hydrogen-bond acceptors (Lipinski definition) is 2. The number of aromatic nitrogens is 1.